The first-order valence-corrected chi connectivity index (χ1v) is 8.34. The lowest BCUT2D eigenvalue weighted by atomic mass is 9.92. The maximum atomic E-state index is 12.3. The summed E-state index contributed by atoms with van der Waals surface area (Å²) >= 11 is 0. The molecule has 1 saturated heterocycles. The lowest BCUT2D eigenvalue weighted by molar-refractivity contribution is -0.136. The van der Waals surface area contributed by atoms with E-state index in [-0.39, 0.29) is 18.4 Å². The monoisotopic (exact) mass is 316 g/mol. The quantitative estimate of drug-likeness (QED) is 0.932. The van der Waals surface area contributed by atoms with Gasteiger partial charge in [-0.2, -0.15) is 0 Å². The van der Waals surface area contributed by atoms with E-state index in [0.29, 0.717) is 30.4 Å². The summed E-state index contributed by atoms with van der Waals surface area (Å²) in [4.78, 5) is 25.6. The molecule has 0 spiro atoms. The van der Waals surface area contributed by atoms with E-state index in [2.05, 4.69) is 19.2 Å². The molecule has 5 nitrogen and oxygen atoms in total. The van der Waals surface area contributed by atoms with Gasteiger partial charge >= 0.3 is 0 Å². The van der Waals surface area contributed by atoms with Gasteiger partial charge in [-0.15, -0.1) is 0 Å². The number of carbonyl (C=O) groups is 2. The summed E-state index contributed by atoms with van der Waals surface area (Å²) in [7, 11) is 0. The standard InChI is InChI=1S/C18H24N2O3/c1-12-7-13(2)10-20(9-12)18(22)11-23-15-4-5-16-14(8-15)3-6-17(21)19-16/h4-5,8,12-13H,3,6-7,9-11H2,1-2H3,(H,19,21)/t12-,13-/m1/s1. The van der Waals surface area contributed by atoms with Crippen LogP contribution in [0.3, 0.4) is 0 Å². The zero-order valence-corrected chi connectivity index (χ0v) is 13.8. The van der Waals surface area contributed by atoms with Crippen molar-refractivity contribution in [2.24, 2.45) is 11.8 Å². The number of ether oxygens (including phenoxy) is 1. The molecule has 0 saturated carbocycles. The molecule has 2 aliphatic rings. The van der Waals surface area contributed by atoms with E-state index in [9.17, 15) is 9.59 Å². The Morgan fingerprint density at radius 3 is 2.74 bits per heavy atom. The van der Waals surface area contributed by atoms with Crippen molar-refractivity contribution in [2.45, 2.75) is 33.1 Å². The number of aryl methyl sites for hydroxylation is 1. The number of rotatable bonds is 3. The van der Waals surface area contributed by atoms with Crippen LogP contribution in [-0.4, -0.2) is 36.4 Å². The fraction of sp³-hybridized carbons (Fsp3) is 0.556. The second-order valence-corrected chi connectivity index (χ2v) is 6.90. The fourth-order valence-corrected chi connectivity index (χ4v) is 3.55. The summed E-state index contributed by atoms with van der Waals surface area (Å²) < 4.78 is 5.68. The summed E-state index contributed by atoms with van der Waals surface area (Å²) in [6.45, 7) is 6.10. The third kappa shape index (κ3) is 3.84. The number of nitrogens with one attached hydrogen (secondary N) is 1. The molecule has 2 atom stereocenters. The van der Waals surface area contributed by atoms with E-state index < -0.39 is 0 Å². The third-order valence-electron chi connectivity index (χ3n) is 4.56. The maximum Gasteiger partial charge on any atom is 0.260 e. The molecule has 0 radical (unpaired) electrons. The summed E-state index contributed by atoms with van der Waals surface area (Å²) in [5, 5.41) is 2.84. The SMILES string of the molecule is C[C@@H]1C[C@@H](C)CN(C(=O)COc2ccc3c(c2)CCC(=O)N3)C1. The summed E-state index contributed by atoms with van der Waals surface area (Å²) in [6, 6.07) is 5.57. The van der Waals surface area contributed by atoms with E-state index >= 15 is 0 Å². The molecule has 2 heterocycles. The van der Waals surface area contributed by atoms with Gasteiger partial charge in [-0.3, -0.25) is 9.59 Å². The fourth-order valence-electron chi connectivity index (χ4n) is 3.55. The van der Waals surface area contributed by atoms with Crippen molar-refractivity contribution >= 4 is 17.5 Å². The molecular formula is C18H24N2O3. The van der Waals surface area contributed by atoms with Crippen LogP contribution in [0.4, 0.5) is 5.69 Å². The smallest absolute Gasteiger partial charge is 0.260 e. The van der Waals surface area contributed by atoms with E-state index in [1.807, 2.05) is 17.0 Å². The topological polar surface area (TPSA) is 58.6 Å². The maximum absolute atomic E-state index is 12.3. The highest BCUT2D eigenvalue weighted by atomic mass is 16.5. The van der Waals surface area contributed by atoms with Gasteiger partial charge in [0.1, 0.15) is 5.75 Å². The number of benzene rings is 1. The Kier molecular flexibility index (Phi) is 4.55. The predicted octanol–water partition coefficient (Wildman–Crippen LogP) is 2.45. The first kappa shape index (κ1) is 15.8. The normalized spacial score (nSPS) is 23.9. The lowest BCUT2D eigenvalue weighted by Crippen LogP contribution is -2.44. The van der Waals surface area contributed by atoms with Crippen molar-refractivity contribution in [3.05, 3.63) is 23.8 Å². The largest absolute Gasteiger partial charge is 0.484 e. The molecule has 23 heavy (non-hydrogen) atoms. The van der Waals surface area contributed by atoms with Gasteiger partial charge in [0.2, 0.25) is 5.91 Å². The van der Waals surface area contributed by atoms with Crippen molar-refractivity contribution in [1.82, 2.24) is 4.90 Å². The Morgan fingerprint density at radius 2 is 2.00 bits per heavy atom. The summed E-state index contributed by atoms with van der Waals surface area (Å²) in [5.41, 5.74) is 1.91. The van der Waals surface area contributed by atoms with E-state index in [1.54, 1.807) is 6.07 Å². The average Bonchev–Trinajstić information content (AvgIpc) is 2.51. The molecule has 3 rings (SSSR count). The first-order valence-electron chi connectivity index (χ1n) is 8.34. The third-order valence-corrected chi connectivity index (χ3v) is 4.56. The predicted molar refractivity (Wildman–Crippen MR) is 88.4 cm³/mol. The van der Waals surface area contributed by atoms with Crippen LogP contribution < -0.4 is 10.1 Å². The van der Waals surface area contributed by atoms with Gasteiger partial charge in [0.25, 0.3) is 5.91 Å². The Labute approximate surface area is 137 Å². The highest BCUT2D eigenvalue weighted by molar-refractivity contribution is 5.94. The molecule has 1 fully saturated rings. The zero-order chi connectivity index (χ0) is 16.4. The number of likely N-dealkylation sites (tertiary alicyclic amines) is 1. The molecule has 2 amide bonds. The molecular weight excluding hydrogens is 292 g/mol. The Hall–Kier alpha value is -2.04. The first-order chi connectivity index (χ1) is 11.0. The van der Waals surface area contributed by atoms with Crippen molar-refractivity contribution in [1.29, 1.82) is 0 Å². The van der Waals surface area contributed by atoms with Gasteiger partial charge in [0.15, 0.2) is 6.61 Å². The molecule has 0 unspecified atom stereocenters. The molecule has 0 aliphatic carbocycles. The van der Waals surface area contributed by atoms with Crippen molar-refractivity contribution < 1.29 is 14.3 Å². The van der Waals surface area contributed by atoms with Crippen molar-refractivity contribution in [3.8, 4) is 5.75 Å². The van der Waals surface area contributed by atoms with Crippen LogP contribution in [0.15, 0.2) is 18.2 Å². The summed E-state index contributed by atoms with van der Waals surface area (Å²) in [6.07, 6.45) is 2.40. The van der Waals surface area contributed by atoms with Gasteiger partial charge < -0.3 is 15.0 Å². The number of nitrogens with zero attached hydrogens (tertiary/aromatic N) is 1. The average molecular weight is 316 g/mol. The lowest BCUT2D eigenvalue weighted by Gasteiger charge is -2.34. The van der Waals surface area contributed by atoms with Crippen LogP contribution in [0.1, 0.15) is 32.3 Å². The molecule has 2 aliphatic heterocycles. The molecule has 0 bridgehead atoms. The number of fused-ring (bicyclic) bond motifs is 1. The van der Waals surface area contributed by atoms with Crippen LogP contribution in [-0.2, 0) is 16.0 Å². The Balaban J connectivity index is 1.58. The van der Waals surface area contributed by atoms with Crippen LogP contribution in [0, 0.1) is 11.8 Å². The van der Waals surface area contributed by atoms with Gasteiger partial charge in [0, 0.05) is 25.2 Å². The minimum atomic E-state index is 0.0504. The number of anilines is 1. The van der Waals surface area contributed by atoms with Crippen LogP contribution >= 0.6 is 0 Å². The van der Waals surface area contributed by atoms with E-state index in [1.165, 1.54) is 6.42 Å². The molecule has 0 aromatic heterocycles. The minimum absolute atomic E-state index is 0.0504. The zero-order valence-electron chi connectivity index (χ0n) is 13.8. The molecule has 1 aromatic carbocycles. The van der Waals surface area contributed by atoms with Crippen LogP contribution in [0.25, 0.3) is 0 Å². The number of hydrogen-bond acceptors (Lipinski definition) is 3. The number of carbonyl (C=O) groups excluding carboxylic acids is 2. The minimum Gasteiger partial charge on any atom is -0.484 e. The molecule has 1 aromatic rings. The van der Waals surface area contributed by atoms with E-state index in [0.717, 1.165) is 24.3 Å². The van der Waals surface area contributed by atoms with Gasteiger partial charge in [-0.1, -0.05) is 13.8 Å². The van der Waals surface area contributed by atoms with Gasteiger partial charge in [-0.05, 0) is 48.4 Å². The second kappa shape index (κ2) is 6.60. The Bertz CT molecular complexity index is 604. The van der Waals surface area contributed by atoms with Crippen LogP contribution in [0.2, 0.25) is 0 Å². The molecule has 124 valence electrons. The highest BCUT2D eigenvalue weighted by Gasteiger charge is 2.25. The second-order valence-electron chi connectivity index (χ2n) is 6.90. The number of piperidine rings is 1. The van der Waals surface area contributed by atoms with E-state index in [4.69, 9.17) is 4.74 Å². The number of hydrogen-bond donors (Lipinski definition) is 1. The Morgan fingerprint density at radius 1 is 1.26 bits per heavy atom. The summed E-state index contributed by atoms with van der Waals surface area (Å²) in [5.74, 6) is 1.89. The molecule has 5 heteroatoms. The highest BCUT2D eigenvalue weighted by Crippen LogP contribution is 2.27. The van der Waals surface area contributed by atoms with Crippen molar-refractivity contribution in [2.75, 3.05) is 25.0 Å². The van der Waals surface area contributed by atoms with Crippen molar-refractivity contribution in [3.63, 3.8) is 0 Å². The number of amides is 2. The van der Waals surface area contributed by atoms with Gasteiger partial charge in [0.05, 0.1) is 0 Å². The molecule has 1 N–H and O–H groups in total. The van der Waals surface area contributed by atoms with Crippen LogP contribution in [0.5, 0.6) is 5.75 Å². The van der Waals surface area contributed by atoms with Gasteiger partial charge in [-0.25, -0.2) is 0 Å².